The van der Waals surface area contributed by atoms with Gasteiger partial charge in [0.05, 0.1) is 17.1 Å². The molecule has 5 nitrogen and oxygen atoms in total. The van der Waals surface area contributed by atoms with Gasteiger partial charge in [0.25, 0.3) is 0 Å². The summed E-state index contributed by atoms with van der Waals surface area (Å²) in [6.45, 7) is 1.44. The number of halogens is 1. The van der Waals surface area contributed by atoms with Crippen LogP contribution in [-0.2, 0) is 11.3 Å². The summed E-state index contributed by atoms with van der Waals surface area (Å²) in [4.78, 5) is 23.1. The molecule has 3 heterocycles. The first-order chi connectivity index (χ1) is 13.7. The van der Waals surface area contributed by atoms with Crippen molar-refractivity contribution in [1.29, 1.82) is 0 Å². The second-order valence-corrected chi connectivity index (χ2v) is 7.72. The molecule has 1 atom stereocenters. The quantitative estimate of drug-likeness (QED) is 0.535. The molecule has 1 aliphatic heterocycles. The van der Waals surface area contributed by atoms with Crippen LogP contribution in [0.1, 0.15) is 31.1 Å². The Kier molecular flexibility index (Phi) is 4.32. The molecule has 0 unspecified atom stereocenters. The Morgan fingerprint density at radius 2 is 2.07 bits per heavy atom. The molecule has 2 aromatic heterocycles. The predicted octanol–water partition coefficient (Wildman–Crippen LogP) is 4.92. The third-order valence-corrected chi connectivity index (χ3v) is 5.95. The average molecular weight is 393 g/mol. The van der Waals surface area contributed by atoms with Crippen molar-refractivity contribution in [3.8, 4) is 0 Å². The summed E-state index contributed by atoms with van der Waals surface area (Å²) in [5.74, 6) is 1.07. The van der Waals surface area contributed by atoms with Crippen molar-refractivity contribution in [2.24, 2.45) is 0 Å². The summed E-state index contributed by atoms with van der Waals surface area (Å²) < 4.78 is 2.10. The number of carbonyl (C=O) groups excluding carboxylic acids is 1. The summed E-state index contributed by atoms with van der Waals surface area (Å²) in [5.41, 5.74) is 3.04. The molecule has 1 amide bonds. The van der Waals surface area contributed by atoms with Gasteiger partial charge in [0.15, 0.2) is 0 Å². The number of benzene rings is 2. The summed E-state index contributed by atoms with van der Waals surface area (Å²) in [5, 5.41) is 1.77. The van der Waals surface area contributed by atoms with Crippen molar-refractivity contribution in [3.63, 3.8) is 0 Å². The number of carbonyl (C=O) groups is 1. The van der Waals surface area contributed by atoms with Gasteiger partial charge in [-0.1, -0.05) is 29.8 Å². The molecule has 4 aromatic rings. The van der Waals surface area contributed by atoms with E-state index in [0.29, 0.717) is 13.0 Å². The van der Waals surface area contributed by atoms with Crippen molar-refractivity contribution in [2.75, 3.05) is 6.54 Å². The number of hydrogen-bond donors (Lipinski definition) is 1. The van der Waals surface area contributed by atoms with Crippen LogP contribution in [0.3, 0.4) is 0 Å². The summed E-state index contributed by atoms with van der Waals surface area (Å²) in [7, 11) is 0. The van der Waals surface area contributed by atoms with E-state index >= 15 is 0 Å². The topological polar surface area (TPSA) is 53.9 Å². The number of nitrogens with one attached hydrogen (secondary N) is 1. The number of rotatable bonds is 4. The number of fused-ring (bicyclic) bond motifs is 2. The molecule has 0 radical (unpaired) electrons. The van der Waals surface area contributed by atoms with Crippen LogP contribution in [0.5, 0.6) is 0 Å². The molecule has 0 bridgehead atoms. The van der Waals surface area contributed by atoms with Gasteiger partial charge in [-0.25, -0.2) is 4.98 Å². The first-order valence-corrected chi connectivity index (χ1v) is 10.1. The maximum Gasteiger partial charge on any atom is 0.224 e. The number of aryl methyl sites for hydroxylation is 1. The van der Waals surface area contributed by atoms with Gasteiger partial charge in [-0.05, 0) is 43.2 Å². The van der Waals surface area contributed by atoms with Gasteiger partial charge >= 0.3 is 0 Å². The number of aromatic nitrogens is 3. The van der Waals surface area contributed by atoms with Gasteiger partial charge in [-0.15, -0.1) is 0 Å². The van der Waals surface area contributed by atoms with E-state index in [9.17, 15) is 4.79 Å². The number of nitrogens with zero attached hydrogens (tertiary/aromatic N) is 3. The monoisotopic (exact) mass is 392 g/mol. The molecule has 6 heteroatoms. The number of H-pyrrole nitrogens is 1. The smallest absolute Gasteiger partial charge is 0.224 e. The van der Waals surface area contributed by atoms with Crippen LogP contribution >= 0.6 is 11.6 Å². The van der Waals surface area contributed by atoms with E-state index in [2.05, 4.69) is 9.55 Å². The van der Waals surface area contributed by atoms with Crippen molar-refractivity contribution in [3.05, 3.63) is 65.6 Å². The van der Waals surface area contributed by atoms with Gasteiger partial charge in [-0.3, -0.25) is 4.79 Å². The minimum absolute atomic E-state index is 0.0377. The Balaban J connectivity index is 1.33. The van der Waals surface area contributed by atoms with Gasteiger partial charge in [0, 0.05) is 41.6 Å². The lowest BCUT2D eigenvalue weighted by atomic mass is 10.2. The molecular formula is C22H21ClN4O. The third kappa shape index (κ3) is 2.96. The van der Waals surface area contributed by atoms with Crippen molar-refractivity contribution < 1.29 is 4.79 Å². The zero-order chi connectivity index (χ0) is 19.1. The lowest BCUT2D eigenvalue weighted by molar-refractivity contribution is -0.132. The van der Waals surface area contributed by atoms with Gasteiger partial charge < -0.3 is 14.5 Å². The van der Waals surface area contributed by atoms with E-state index in [1.807, 2.05) is 59.6 Å². The second kappa shape index (κ2) is 6.99. The first kappa shape index (κ1) is 17.3. The summed E-state index contributed by atoms with van der Waals surface area (Å²) in [6, 6.07) is 15.9. The molecule has 142 valence electrons. The normalized spacial score (nSPS) is 17.0. The summed E-state index contributed by atoms with van der Waals surface area (Å²) >= 11 is 6.26. The van der Waals surface area contributed by atoms with Crippen LogP contribution in [0.2, 0.25) is 5.02 Å². The van der Waals surface area contributed by atoms with Crippen LogP contribution in [0.25, 0.3) is 21.9 Å². The Morgan fingerprint density at radius 1 is 1.18 bits per heavy atom. The molecule has 0 saturated carbocycles. The number of imidazole rings is 1. The van der Waals surface area contributed by atoms with Crippen LogP contribution in [0.15, 0.2) is 54.7 Å². The minimum Gasteiger partial charge on any atom is -0.347 e. The molecule has 1 saturated heterocycles. The Morgan fingerprint density at radius 3 is 2.96 bits per heavy atom. The van der Waals surface area contributed by atoms with Crippen LogP contribution < -0.4 is 0 Å². The summed E-state index contributed by atoms with van der Waals surface area (Å²) in [6.07, 6.45) is 4.43. The Labute approximate surface area is 167 Å². The van der Waals surface area contributed by atoms with E-state index in [4.69, 9.17) is 16.6 Å². The SMILES string of the molecule is O=C(CCn1ccc2c(Cl)cccc21)N1CCC[C@H]1c1nc2ccccc2[nH]1. The van der Waals surface area contributed by atoms with Crippen LogP contribution in [0.4, 0.5) is 0 Å². The van der Waals surface area contributed by atoms with E-state index in [0.717, 1.165) is 52.2 Å². The van der Waals surface area contributed by atoms with Gasteiger partial charge in [-0.2, -0.15) is 0 Å². The predicted molar refractivity (Wildman–Crippen MR) is 111 cm³/mol. The van der Waals surface area contributed by atoms with E-state index in [-0.39, 0.29) is 11.9 Å². The lowest BCUT2D eigenvalue weighted by Crippen LogP contribution is -2.31. The maximum absolute atomic E-state index is 13.0. The fourth-order valence-electron chi connectivity index (χ4n) is 4.22. The highest BCUT2D eigenvalue weighted by Gasteiger charge is 2.31. The van der Waals surface area contributed by atoms with E-state index in [1.54, 1.807) is 0 Å². The number of aromatic amines is 1. The molecule has 1 N–H and O–H groups in total. The molecule has 2 aromatic carbocycles. The Hall–Kier alpha value is -2.79. The molecule has 0 spiro atoms. The van der Waals surface area contributed by atoms with Crippen LogP contribution in [0, 0.1) is 0 Å². The molecule has 28 heavy (non-hydrogen) atoms. The Bertz CT molecular complexity index is 1130. The first-order valence-electron chi connectivity index (χ1n) is 9.68. The van der Waals surface area contributed by atoms with Gasteiger partial charge in [0.2, 0.25) is 5.91 Å². The zero-order valence-corrected chi connectivity index (χ0v) is 16.2. The lowest BCUT2D eigenvalue weighted by Gasteiger charge is -2.23. The standard InChI is InChI=1S/C22H21ClN4O/c23-16-5-3-8-19-15(16)10-13-26(19)14-11-21(28)27-12-4-9-20(27)22-24-17-6-1-2-7-18(17)25-22/h1-3,5-8,10,13,20H,4,9,11-12,14H2,(H,24,25)/t20-/m0/s1. The fourth-order valence-corrected chi connectivity index (χ4v) is 4.45. The zero-order valence-electron chi connectivity index (χ0n) is 15.4. The largest absolute Gasteiger partial charge is 0.347 e. The molecule has 0 aliphatic carbocycles. The molecule has 1 aliphatic rings. The number of amides is 1. The third-order valence-electron chi connectivity index (χ3n) is 5.62. The van der Waals surface area contributed by atoms with Crippen molar-refractivity contribution in [2.45, 2.75) is 31.8 Å². The highest BCUT2D eigenvalue weighted by atomic mass is 35.5. The number of hydrogen-bond acceptors (Lipinski definition) is 2. The fraction of sp³-hybridized carbons (Fsp3) is 0.273. The van der Waals surface area contributed by atoms with Crippen molar-refractivity contribution in [1.82, 2.24) is 19.4 Å². The minimum atomic E-state index is 0.0377. The maximum atomic E-state index is 13.0. The number of para-hydroxylation sites is 2. The van der Waals surface area contributed by atoms with E-state index < -0.39 is 0 Å². The number of likely N-dealkylation sites (tertiary alicyclic amines) is 1. The molecule has 5 rings (SSSR count). The molecular weight excluding hydrogens is 372 g/mol. The van der Waals surface area contributed by atoms with E-state index in [1.165, 1.54) is 0 Å². The average Bonchev–Trinajstić information content (AvgIpc) is 3.43. The van der Waals surface area contributed by atoms with Crippen LogP contribution in [-0.4, -0.2) is 31.9 Å². The molecule has 1 fully saturated rings. The second-order valence-electron chi connectivity index (χ2n) is 7.32. The van der Waals surface area contributed by atoms with Crippen molar-refractivity contribution >= 4 is 39.4 Å². The highest BCUT2D eigenvalue weighted by Crippen LogP contribution is 2.32. The highest BCUT2D eigenvalue weighted by molar-refractivity contribution is 6.35. The van der Waals surface area contributed by atoms with Gasteiger partial charge in [0.1, 0.15) is 5.82 Å².